The fraction of sp³-hybridized carbons (Fsp3) is 0.958. The van der Waals surface area contributed by atoms with E-state index >= 15 is 0 Å². The third kappa shape index (κ3) is 17.1. The molecule has 0 spiro atoms. The molecule has 1 heterocycles. The van der Waals surface area contributed by atoms with Gasteiger partial charge in [-0.25, -0.2) is 0 Å². The van der Waals surface area contributed by atoms with E-state index < -0.39 is 0 Å². The minimum Gasteiger partial charge on any atom is -0.374 e. The maximum Gasteiger partial charge on any atom is 0.158 e. The zero-order valence-electron chi connectivity index (χ0n) is 17.6. The first-order valence-electron chi connectivity index (χ1n) is 12.0. The van der Waals surface area contributed by atoms with Gasteiger partial charge in [0.05, 0.1) is 0 Å². The van der Waals surface area contributed by atoms with E-state index in [2.05, 4.69) is 0 Å². The van der Waals surface area contributed by atoms with Gasteiger partial charge in [-0.15, -0.1) is 0 Å². The molecule has 26 heavy (non-hydrogen) atoms. The number of hydrogen-bond donors (Lipinski definition) is 0. The van der Waals surface area contributed by atoms with Crippen molar-refractivity contribution in [1.82, 2.24) is 0 Å². The van der Waals surface area contributed by atoms with E-state index in [1.165, 1.54) is 116 Å². The topological polar surface area (TPSA) is 26.3 Å². The Hall–Kier alpha value is -0.370. The molecule has 0 aromatic carbocycles. The lowest BCUT2D eigenvalue weighted by Crippen LogP contribution is -2.09. The molecule has 0 aromatic rings. The van der Waals surface area contributed by atoms with Crippen LogP contribution in [0.5, 0.6) is 0 Å². The molecule has 0 atom stereocenters. The van der Waals surface area contributed by atoms with Crippen molar-refractivity contribution in [3.05, 3.63) is 0 Å². The molecular formula is C24H46O2. The largest absolute Gasteiger partial charge is 0.374 e. The van der Waals surface area contributed by atoms with Crippen LogP contribution in [-0.2, 0) is 9.53 Å². The second-order valence-electron chi connectivity index (χ2n) is 8.41. The Morgan fingerprint density at radius 1 is 0.423 bits per heavy atom. The normalized spacial score (nSPS) is 23.6. The monoisotopic (exact) mass is 366 g/mol. The molecular weight excluding hydrogens is 320 g/mol. The van der Waals surface area contributed by atoms with E-state index in [9.17, 15) is 4.79 Å². The van der Waals surface area contributed by atoms with Gasteiger partial charge >= 0.3 is 0 Å². The van der Waals surface area contributed by atoms with Crippen LogP contribution in [0.1, 0.15) is 135 Å². The molecule has 0 aliphatic carbocycles. The van der Waals surface area contributed by atoms with Crippen LogP contribution in [0.15, 0.2) is 0 Å². The Balaban J connectivity index is 2.08. The molecule has 0 bridgehead atoms. The summed E-state index contributed by atoms with van der Waals surface area (Å²) in [7, 11) is 0. The summed E-state index contributed by atoms with van der Waals surface area (Å²) in [5.74, 6) is 0.301. The summed E-state index contributed by atoms with van der Waals surface area (Å²) in [4.78, 5) is 11.8. The predicted octanol–water partition coefficient (Wildman–Crippen LogP) is 7.78. The van der Waals surface area contributed by atoms with Crippen LogP contribution < -0.4 is 0 Å². The molecule has 0 N–H and O–H groups in total. The molecule has 1 fully saturated rings. The third-order valence-corrected chi connectivity index (χ3v) is 5.76. The summed E-state index contributed by atoms with van der Waals surface area (Å²) >= 11 is 0. The summed E-state index contributed by atoms with van der Waals surface area (Å²) in [6, 6.07) is 0. The van der Waals surface area contributed by atoms with Crippen molar-refractivity contribution in [3.63, 3.8) is 0 Å². The van der Waals surface area contributed by atoms with Crippen molar-refractivity contribution in [2.45, 2.75) is 135 Å². The predicted molar refractivity (Wildman–Crippen MR) is 113 cm³/mol. The summed E-state index contributed by atoms with van der Waals surface area (Å²) in [6.07, 6.45) is 27.9. The highest BCUT2D eigenvalue weighted by Crippen LogP contribution is 2.15. The first kappa shape index (κ1) is 23.7. The average Bonchev–Trinajstić information content (AvgIpc) is 2.64. The number of carbonyl (C=O) groups is 1. The Labute approximate surface area is 163 Å². The first-order valence-corrected chi connectivity index (χ1v) is 12.0. The van der Waals surface area contributed by atoms with Crippen molar-refractivity contribution >= 4 is 5.78 Å². The van der Waals surface area contributed by atoms with Crippen LogP contribution >= 0.6 is 0 Å². The highest BCUT2D eigenvalue weighted by molar-refractivity contribution is 5.79. The lowest BCUT2D eigenvalue weighted by atomic mass is 10.0. The highest BCUT2D eigenvalue weighted by Gasteiger charge is 2.02. The standard InChI is InChI=1S/C24H46O2/c25-24-21-19-17-15-13-11-9-7-5-3-1-2-4-6-8-10-12-14-16-18-20-22-26-23-24/h1-23H2. The summed E-state index contributed by atoms with van der Waals surface area (Å²) in [6.45, 7) is 1.12. The lowest BCUT2D eigenvalue weighted by molar-refractivity contribution is -0.123. The molecule has 1 aliphatic rings. The summed E-state index contributed by atoms with van der Waals surface area (Å²) < 4.78 is 5.55. The van der Waals surface area contributed by atoms with Gasteiger partial charge in [-0.3, -0.25) is 4.79 Å². The van der Waals surface area contributed by atoms with Crippen LogP contribution in [-0.4, -0.2) is 19.0 Å². The van der Waals surface area contributed by atoms with Crippen molar-refractivity contribution in [2.75, 3.05) is 13.2 Å². The molecule has 0 radical (unpaired) electrons. The van der Waals surface area contributed by atoms with E-state index in [4.69, 9.17) is 4.74 Å². The zero-order valence-corrected chi connectivity index (χ0v) is 17.6. The van der Waals surface area contributed by atoms with Crippen LogP contribution in [0.2, 0.25) is 0 Å². The van der Waals surface area contributed by atoms with E-state index in [-0.39, 0.29) is 0 Å². The molecule has 2 heteroatoms. The van der Waals surface area contributed by atoms with Crippen molar-refractivity contribution in [3.8, 4) is 0 Å². The van der Waals surface area contributed by atoms with Crippen molar-refractivity contribution in [2.24, 2.45) is 0 Å². The smallest absolute Gasteiger partial charge is 0.158 e. The van der Waals surface area contributed by atoms with E-state index in [0.717, 1.165) is 25.9 Å². The molecule has 0 amide bonds. The zero-order chi connectivity index (χ0) is 18.5. The van der Waals surface area contributed by atoms with Crippen molar-refractivity contribution in [1.29, 1.82) is 0 Å². The number of carbonyl (C=O) groups excluding carboxylic acids is 1. The van der Waals surface area contributed by atoms with Gasteiger partial charge in [-0.2, -0.15) is 0 Å². The summed E-state index contributed by atoms with van der Waals surface area (Å²) in [5, 5.41) is 0. The van der Waals surface area contributed by atoms with Crippen LogP contribution in [0.25, 0.3) is 0 Å². The molecule has 1 saturated heterocycles. The molecule has 1 rings (SSSR count). The molecule has 0 aromatic heterocycles. The minimum absolute atomic E-state index is 0.301. The first-order chi connectivity index (χ1) is 12.9. The Kier molecular flexibility index (Phi) is 17.7. The number of hydrogen-bond acceptors (Lipinski definition) is 2. The Bertz CT molecular complexity index is 273. The van der Waals surface area contributed by atoms with Crippen LogP contribution in [0.3, 0.4) is 0 Å². The van der Waals surface area contributed by atoms with Gasteiger partial charge in [0.15, 0.2) is 5.78 Å². The van der Waals surface area contributed by atoms with Gasteiger partial charge in [0.1, 0.15) is 6.61 Å². The third-order valence-electron chi connectivity index (χ3n) is 5.76. The Morgan fingerprint density at radius 3 is 1.12 bits per heavy atom. The fourth-order valence-electron chi connectivity index (χ4n) is 3.97. The van der Waals surface area contributed by atoms with E-state index in [0.29, 0.717) is 12.4 Å². The molecule has 2 nitrogen and oxygen atoms in total. The average molecular weight is 367 g/mol. The number of ether oxygens (including phenoxy) is 1. The second kappa shape index (κ2) is 19.4. The number of rotatable bonds is 0. The van der Waals surface area contributed by atoms with Crippen molar-refractivity contribution < 1.29 is 9.53 Å². The Morgan fingerprint density at radius 2 is 0.731 bits per heavy atom. The SMILES string of the molecule is O=C1CCCCCCCCCCCCCCCCCCCCCCOC1. The quantitative estimate of drug-likeness (QED) is 0.437. The maximum atomic E-state index is 11.8. The van der Waals surface area contributed by atoms with E-state index in [1.807, 2.05) is 0 Å². The molecule has 154 valence electrons. The van der Waals surface area contributed by atoms with Gasteiger partial charge in [0, 0.05) is 13.0 Å². The maximum absolute atomic E-state index is 11.8. The van der Waals surface area contributed by atoms with Crippen LogP contribution in [0, 0.1) is 0 Å². The molecule has 1 aliphatic heterocycles. The highest BCUT2D eigenvalue weighted by atomic mass is 16.5. The second-order valence-corrected chi connectivity index (χ2v) is 8.41. The van der Waals surface area contributed by atoms with Gasteiger partial charge in [0.25, 0.3) is 0 Å². The van der Waals surface area contributed by atoms with Crippen LogP contribution in [0.4, 0.5) is 0 Å². The summed E-state index contributed by atoms with van der Waals surface area (Å²) in [5.41, 5.74) is 0. The van der Waals surface area contributed by atoms with E-state index in [1.54, 1.807) is 0 Å². The van der Waals surface area contributed by atoms with Gasteiger partial charge in [0.2, 0.25) is 0 Å². The number of ketones is 1. The molecule has 0 unspecified atom stereocenters. The van der Waals surface area contributed by atoms with Gasteiger partial charge in [-0.1, -0.05) is 116 Å². The minimum atomic E-state index is 0.301. The molecule has 0 saturated carbocycles. The van der Waals surface area contributed by atoms with Gasteiger partial charge < -0.3 is 4.74 Å². The fourth-order valence-corrected chi connectivity index (χ4v) is 3.97. The lowest BCUT2D eigenvalue weighted by Gasteiger charge is -2.05. The number of Topliss-reactive ketones (excluding diaryl/α,β-unsaturated/α-hetero) is 1. The van der Waals surface area contributed by atoms with Gasteiger partial charge in [-0.05, 0) is 12.8 Å².